The Hall–Kier alpha value is -4.33. The van der Waals surface area contributed by atoms with E-state index in [1.807, 2.05) is 30.3 Å². The Kier molecular flexibility index (Phi) is 7.80. The molecule has 3 rings (SSSR count). The first-order valence-corrected chi connectivity index (χ1v) is 9.72. The first-order chi connectivity index (χ1) is 15.6. The Morgan fingerprint density at radius 2 is 1.59 bits per heavy atom. The highest BCUT2D eigenvalue weighted by Crippen LogP contribution is 2.28. The molecule has 0 bridgehead atoms. The van der Waals surface area contributed by atoms with Crippen molar-refractivity contribution >= 4 is 23.7 Å². The van der Waals surface area contributed by atoms with E-state index in [4.69, 9.17) is 14.2 Å². The maximum atomic E-state index is 12.1. The molecule has 0 fully saturated rings. The van der Waals surface area contributed by atoms with Crippen LogP contribution in [0, 0.1) is 0 Å². The van der Waals surface area contributed by atoms with Gasteiger partial charge in [0.05, 0.1) is 26.1 Å². The molecule has 32 heavy (non-hydrogen) atoms. The Morgan fingerprint density at radius 3 is 2.28 bits per heavy atom. The van der Waals surface area contributed by atoms with Gasteiger partial charge < -0.3 is 19.5 Å². The third-order valence-electron chi connectivity index (χ3n) is 4.37. The number of ether oxygens (including phenoxy) is 3. The standard InChI is InChI=1S/C24H23N3O5/c1-30-20-12-13-22(31-2)21(14-20)26-23(28)24(29)27-25-15-17-8-10-19(11-9-17)32-16-18-6-4-3-5-7-18/h3-15H,16H2,1-2H3,(H,26,28)(H,27,29). The van der Waals surface area contributed by atoms with Gasteiger partial charge in [-0.1, -0.05) is 30.3 Å². The van der Waals surface area contributed by atoms with E-state index in [-0.39, 0.29) is 0 Å². The third kappa shape index (κ3) is 6.33. The van der Waals surface area contributed by atoms with Crippen molar-refractivity contribution in [2.45, 2.75) is 6.61 Å². The van der Waals surface area contributed by atoms with Crippen LogP contribution in [-0.2, 0) is 16.2 Å². The summed E-state index contributed by atoms with van der Waals surface area (Å²) in [5.41, 5.74) is 4.30. The van der Waals surface area contributed by atoms with Crippen LogP contribution in [0.25, 0.3) is 0 Å². The fraction of sp³-hybridized carbons (Fsp3) is 0.125. The van der Waals surface area contributed by atoms with Crippen LogP contribution < -0.4 is 25.0 Å². The average molecular weight is 433 g/mol. The predicted octanol–water partition coefficient (Wildman–Crippen LogP) is 3.37. The van der Waals surface area contributed by atoms with Gasteiger partial charge in [-0.3, -0.25) is 9.59 Å². The molecule has 2 amide bonds. The van der Waals surface area contributed by atoms with Gasteiger partial charge in [-0.05, 0) is 47.5 Å². The summed E-state index contributed by atoms with van der Waals surface area (Å²) in [4.78, 5) is 24.2. The maximum absolute atomic E-state index is 12.1. The van der Waals surface area contributed by atoms with Crippen molar-refractivity contribution in [2.75, 3.05) is 19.5 Å². The number of carbonyl (C=O) groups excluding carboxylic acids is 2. The zero-order valence-corrected chi connectivity index (χ0v) is 17.7. The molecule has 0 saturated carbocycles. The van der Waals surface area contributed by atoms with Crippen molar-refractivity contribution < 1.29 is 23.8 Å². The van der Waals surface area contributed by atoms with Crippen LogP contribution in [0.5, 0.6) is 17.2 Å². The largest absolute Gasteiger partial charge is 0.497 e. The van der Waals surface area contributed by atoms with E-state index in [2.05, 4.69) is 15.8 Å². The number of hydrogen-bond acceptors (Lipinski definition) is 6. The van der Waals surface area contributed by atoms with Crippen LogP contribution in [0.1, 0.15) is 11.1 Å². The van der Waals surface area contributed by atoms with Crippen LogP contribution in [0.4, 0.5) is 5.69 Å². The van der Waals surface area contributed by atoms with E-state index in [1.54, 1.807) is 42.5 Å². The Balaban J connectivity index is 1.51. The van der Waals surface area contributed by atoms with Gasteiger partial charge in [0.25, 0.3) is 0 Å². The number of amides is 2. The minimum absolute atomic E-state index is 0.307. The summed E-state index contributed by atoms with van der Waals surface area (Å²) in [6, 6.07) is 21.9. The van der Waals surface area contributed by atoms with Gasteiger partial charge in [-0.25, -0.2) is 5.43 Å². The number of methoxy groups -OCH3 is 2. The van der Waals surface area contributed by atoms with Gasteiger partial charge in [0.1, 0.15) is 23.9 Å². The summed E-state index contributed by atoms with van der Waals surface area (Å²) < 4.78 is 16.0. The second-order valence-corrected chi connectivity index (χ2v) is 6.56. The third-order valence-corrected chi connectivity index (χ3v) is 4.37. The van der Waals surface area contributed by atoms with Gasteiger partial charge in [0.2, 0.25) is 0 Å². The minimum atomic E-state index is -0.922. The summed E-state index contributed by atoms with van der Waals surface area (Å²) in [6.07, 6.45) is 1.43. The number of hydrogen-bond donors (Lipinski definition) is 2. The lowest BCUT2D eigenvalue weighted by Crippen LogP contribution is -2.32. The van der Waals surface area contributed by atoms with Crippen LogP contribution in [0.15, 0.2) is 77.9 Å². The molecule has 0 aromatic heterocycles. The fourth-order valence-corrected chi connectivity index (χ4v) is 2.70. The first-order valence-electron chi connectivity index (χ1n) is 9.72. The quantitative estimate of drug-likeness (QED) is 0.322. The predicted molar refractivity (Wildman–Crippen MR) is 121 cm³/mol. The van der Waals surface area contributed by atoms with E-state index in [0.29, 0.717) is 29.5 Å². The van der Waals surface area contributed by atoms with Gasteiger partial charge in [-0.2, -0.15) is 5.10 Å². The van der Waals surface area contributed by atoms with Gasteiger partial charge in [-0.15, -0.1) is 0 Å². The molecule has 0 aliphatic rings. The second-order valence-electron chi connectivity index (χ2n) is 6.56. The molecule has 0 saturated heterocycles. The highest BCUT2D eigenvalue weighted by atomic mass is 16.5. The SMILES string of the molecule is COc1ccc(OC)c(NC(=O)C(=O)NN=Cc2ccc(OCc3ccccc3)cc2)c1. The average Bonchev–Trinajstić information content (AvgIpc) is 2.84. The summed E-state index contributed by atoms with van der Waals surface area (Å²) >= 11 is 0. The number of hydrazone groups is 1. The minimum Gasteiger partial charge on any atom is -0.497 e. The zero-order chi connectivity index (χ0) is 22.8. The van der Waals surface area contributed by atoms with Crippen molar-refractivity contribution in [3.05, 3.63) is 83.9 Å². The fourth-order valence-electron chi connectivity index (χ4n) is 2.70. The molecule has 2 N–H and O–H groups in total. The zero-order valence-electron chi connectivity index (χ0n) is 17.7. The molecule has 164 valence electrons. The van der Waals surface area contributed by atoms with Gasteiger partial charge in [0, 0.05) is 6.07 Å². The smallest absolute Gasteiger partial charge is 0.329 e. The van der Waals surface area contributed by atoms with Crippen molar-refractivity contribution in [1.82, 2.24) is 5.43 Å². The number of anilines is 1. The van der Waals surface area contributed by atoms with Crippen molar-refractivity contribution in [3.63, 3.8) is 0 Å². The Morgan fingerprint density at radius 1 is 0.875 bits per heavy atom. The molecule has 8 nitrogen and oxygen atoms in total. The molecule has 3 aromatic rings. The summed E-state index contributed by atoms with van der Waals surface area (Å²) in [5.74, 6) is -0.199. The maximum Gasteiger partial charge on any atom is 0.329 e. The molecule has 0 spiro atoms. The summed E-state index contributed by atoms with van der Waals surface area (Å²) in [7, 11) is 2.95. The van der Waals surface area contributed by atoms with Crippen molar-refractivity contribution in [1.29, 1.82) is 0 Å². The molecule has 3 aromatic carbocycles. The normalized spacial score (nSPS) is 10.4. The Labute approximate surface area is 185 Å². The topological polar surface area (TPSA) is 98.2 Å². The number of nitrogens with one attached hydrogen (secondary N) is 2. The lowest BCUT2D eigenvalue weighted by molar-refractivity contribution is -0.136. The van der Waals surface area contributed by atoms with Crippen LogP contribution in [0.2, 0.25) is 0 Å². The number of benzene rings is 3. The van der Waals surface area contributed by atoms with Crippen molar-refractivity contribution in [2.24, 2.45) is 5.10 Å². The van der Waals surface area contributed by atoms with E-state index >= 15 is 0 Å². The monoisotopic (exact) mass is 433 g/mol. The van der Waals surface area contributed by atoms with E-state index in [0.717, 1.165) is 11.1 Å². The van der Waals surface area contributed by atoms with Gasteiger partial charge in [0.15, 0.2) is 0 Å². The summed E-state index contributed by atoms with van der Waals surface area (Å²) in [5, 5.41) is 6.29. The second kappa shape index (κ2) is 11.2. The lowest BCUT2D eigenvalue weighted by Gasteiger charge is -2.11. The van der Waals surface area contributed by atoms with E-state index in [9.17, 15) is 9.59 Å². The van der Waals surface area contributed by atoms with Crippen LogP contribution in [0.3, 0.4) is 0 Å². The first kappa shape index (κ1) is 22.4. The van der Waals surface area contributed by atoms with Crippen LogP contribution in [-0.4, -0.2) is 32.2 Å². The van der Waals surface area contributed by atoms with E-state index in [1.165, 1.54) is 20.4 Å². The number of carbonyl (C=O) groups is 2. The van der Waals surface area contributed by atoms with Gasteiger partial charge >= 0.3 is 11.8 Å². The van der Waals surface area contributed by atoms with E-state index < -0.39 is 11.8 Å². The molecule has 0 radical (unpaired) electrons. The highest BCUT2D eigenvalue weighted by molar-refractivity contribution is 6.39. The molecule has 0 heterocycles. The molecule has 0 atom stereocenters. The summed E-state index contributed by atoms with van der Waals surface area (Å²) in [6.45, 7) is 0.470. The highest BCUT2D eigenvalue weighted by Gasteiger charge is 2.16. The Bertz CT molecular complexity index is 1080. The molecular formula is C24H23N3O5. The molecule has 8 heteroatoms. The molecular weight excluding hydrogens is 410 g/mol. The van der Waals surface area contributed by atoms with Crippen LogP contribution >= 0.6 is 0 Å². The molecule has 0 aliphatic carbocycles. The molecule has 0 aliphatic heterocycles. The van der Waals surface area contributed by atoms with Crippen molar-refractivity contribution in [3.8, 4) is 17.2 Å². The number of rotatable bonds is 8. The molecule has 0 unspecified atom stereocenters. The lowest BCUT2D eigenvalue weighted by atomic mass is 10.2. The number of nitrogens with zero attached hydrogens (tertiary/aromatic N) is 1.